The van der Waals surface area contributed by atoms with Gasteiger partial charge >= 0.3 is 0 Å². The average molecular weight is 357 g/mol. The van der Waals surface area contributed by atoms with Gasteiger partial charge < -0.3 is 0 Å². The summed E-state index contributed by atoms with van der Waals surface area (Å²) < 4.78 is 26.4. The fraction of sp³-hybridized carbons (Fsp3) is 0.375. The van der Waals surface area contributed by atoms with Crippen molar-refractivity contribution in [2.45, 2.75) is 36.9 Å². The molecule has 0 saturated carbocycles. The molecule has 1 heterocycles. The van der Waals surface area contributed by atoms with Crippen molar-refractivity contribution in [1.82, 2.24) is 0 Å². The molecule has 0 fully saturated rings. The molecule has 0 nitrogen and oxygen atoms in total. The summed E-state index contributed by atoms with van der Waals surface area (Å²) in [5.74, 6) is -1.58. The van der Waals surface area contributed by atoms with Crippen LogP contribution in [-0.4, -0.2) is 0 Å². The molecule has 1 unspecified atom stereocenters. The fourth-order valence-corrected chi connectivity index (χ4v) is 4.61. The lowest BCUT2D eigenvalue weighted by atomic mass is 10.1. The molecular formula is C16H15BrF2S. The summed E-state index contributed by atoms with van der Waals surface area (Å²) in [7, 11) is 0. The summed E-state index contributed by atoms with van der Waals surface area (Å²) in [6.07, 6.45) is 6.10. The monoisotopic (exact) mass is 356 g/mol. The lowest BCUT2D eigenvalue weighted by Gasteiger charge is -2.08. The third-order valence-corrected chi connectivity index (χ3v) is 6.38. The Morgan fingerprint density at radius 3 is 2.60 bits per heavy atom. The zero-order chi connectivity index (χ0) is 14.1. The number of rotatable bonds is 2. The van der Waals surface area contributed by atoms with Crippen molar-refractivity contribution in [1.29, 1.82) is 0 Å². The van der Waals surface area contributed by atoms with E-state index in [9.17, 15) is 8.78 Å². The Bertz CT molecular complexity index is 597. The number of halogens is 3. The molecule has 0 bridgehead atoms. The van der Waals surface area contributed by atoms with Gasteiger partial charge in [-0.25, -0.2) is 8.78 Å². The zero-order valence-corrected chi connectivity index (χ0v) is 13.4. The van der Waals surface area contributed by atoms with Gasteiger partial charge in [0.05, 0.1) is 4.83 Å². The normalized spacial score (nSPS) is 16.6. The highest BCUT2D eigenvalue weighted by molar-refractivity contribution is 9.09. The first-order valence-corrected chi connectivity index (χ1v) is 8.59. The number of aryl methyl sites for hydroxylation is 2. The van der Waals surface area contributed by atoms with Crippen LogP contribution in [0, 0.1) is 11.6 Å². The van der Waals surface area contributed by atoms with Gasteiger partial charge in [0.15, 0.2) is 11.6 Å². The summed E-state index contributed by atoms with van der Waals surface area (Å²) in [5, 5.41) is 0. The molecule has 1 aliphatic rings. The van der Waals surface area contributed by atoms with Crippen LogP contribution in [0.15, 0.2) is 24.3 Å². The van der Waals surface area contributed by atoms with Crippen molar-refractivity contribution in [3.8, 4) is 0 Å². The molecule has 0 saturated heterocycles. The molecule has 106 valence electrons. The summed E-state index contributed by atoms with van der Waals surface area (Å²) in [6.45, 7) is 0. The van der Waals surface area contributed by atoms with Gasteiger partial charge in [0.2, 0.25) is 0 Å². The molecule has 0 spiro atoms. The van der Waals surface area contributed by atoms with Gasteiger partial charge in [0.1, 0.15) is 0 Å². The van der Waals surface area contributed by atoms with E-state index in [1.807, 2.05) is 0 Å². The van der Waals surface area contributed by atoms with Gasteiger partial charge in [-0.1, -0.05) is 28.4 Å². The second-order valence-corrected chi connectivity index (χ2v) is 7.28. The van der Waals surface area contributed by atoms with Crippen LogP contribution in [0.4, 0.5) is 8.78 Å². The minimum absolute atomic E-state index is 0.0606. The van der Waals surface area contributed by atoms with Gasteiger partial charge in [-0.15, -0.1) is 11.3 Å². The van der Waals surface area contributed by atoms with Crippen molar-refractivity contribution in [2.24, 2.45) is 0 Å². The molecule has 4 heteroatoms. The number of hydrogen-bond donors (Lipinski definition) is 0. The van der Waals surface area contributed by atoms with Gasteiger partial charge in [0.25, 0.3) is 0 Å². The van der Waals surface area contributed by atoms with E-state index in [0.29, 0.717) is 0 Å². The second kappa shape index (κ2) is 5.94. The highest BCUT2D eigenvalue weighted by atomic mass is 79.9. The molecule has 0 radical (unpaired) electrons. The second-order valence-electron chi connectivity index (χ2n) is 5.19. The molecule has 2 aromatic rings. The summed E-state index contributed by atoms with van der Waals surface area (Å²) >= 11 is 5.42. The van der Waals surface area contributed by atoms with Crippen LogP contribution >= 0.6 is 27.3 Å². The first-order valence-electron chi connectivity index (χ1n) is 6.85. The van der Waals surface area contributed by atoms with E-state index in [4.69, 9.17) is 0 Å². The van der Waals surface area contributed by atoms with E-state index >= 15 is 0 Å². The summed E-state index contributed by atoms with van der Waals surface area (Å²) in [6, 6.07) is 6.34. The first kappa shape index (κ1) is 14.2. The first-order chi connectivity index (χ1) is 9.65. The topological polar surface area (TPSA) is 0 Å². The molecule has 0 N–H and O–H groups in total. The molecule has 1 aromatic heterocycles. The maximum Gasteiger partial charge on any atom is 0.159 e. The molecule has 1 atom stereocenters. The van der Waals surface area contributed by atoms with E-state index in [-0.39, 0.29) is 4.83 Å². The third-order valence-electron chi connectivity index (χ3n) is 3.75. The van der Waals surface area contributed by atoms with E-state index in [2.05, 4.69) is 22.0 Å². The molecule has 0 aliphatic heterocycles. The molecular weight excluding hydrogens is 342 g/mol. The SMILES string of the molecule is Fc1ccc(C(Br)c2cc3c(s2)CCCCC3)cc1F. The van der Waals surface area contributed by atoms with E-state index in [1.54, 1.807) is 17.4 Å². The average Bonchev–Trinajstić information content (AvgIpc) is 2.72. The molecule has 0 amide bonds. The quantitative estimate of drug-likeness (QED) is 0.472. The standard InChI is InChI=1S/C16H15BrF2S/c17-16(11-6-7-12(18)13(19)8-11)15-9-10-4-2-1-3-5-14(10)20-15/h6-9,16H,1-5H2. The summed E-state index contributed by atoms with van der Waals surface area (Å²) in [5.41, 5.74) is 2.20. The number of thiophene rings is 1. The molecule has 1 aromatic carbocycles. The van der Waals surface area contributed by atoms with Crippen LogP contribution in [0.25, 0.3) is 0 Å². The van der Waals surface area contributed by atoms with Crippen LogP contribution in [0.2, 0.25) is 0 Å². The predicted molar refractivity (Wildman–Crippen MR) is 82.7 cm³/mol. The molecule has 3 rings (SSSR count). The molecule has 1 aliphatic carbocycles. The van der Waals surface area contributed by atoms with Gasteiger partial charge in [-0.05, 0) is 55.0 Å². The maximum absolute atomic E-state index is 13.3. The van der Waals surface area contributed by atoms with Crippen LogP contribution in [-0.2, 0) is 12.8 Å². The number of fused-ring (bicyclic) bond motifs is 1. The minimum Gasteiger partial charge on any atom is -0.204 e. The smallest absolute Gasteiger partial charge is 0.159 e. The van der Waals surface area contributed by atoms with E-state index in [1.165, 1.54) is 46.7 Å². The highest BCUT2D eigenvalue weighted by Gasteiger charge is 2.19. The van der Waals surface area contributed by atoms with Crippen LogP contribution in [0.5, 0.6) is 0 Å². The van der Waals surface area contributed by atoms with Crippen LogP contribution in [0.3, 0.4) is 0 Å². The number of alkyl halides is 1. The van der Waals surface area contributed by atoms with Gasteiger partial charge in [0, 0.05) is 9.75 Å². The van der Waals surface area contributed by atoms with Crippen LogP contribution < -0.4 is 0 Å². The van der Waals surface area contributed by atoms with E-state index in [0.717, 1.165) is 18.4 Å². The lowest BCUT2D eigenvalue weighted by Crippen LogP contribution is -1.93. The van der Waals surface area contributed by atoms with Crippen molar-refractivity contribution in [3.05, 3.63) is 56.8 Å². The Kier molecular flexibility index (Phi) is 4.22. The van der Waals surface area contributed by atoms with Crippen molar-refractivity contribution in [2.75, 3.05) is 0 Å². The molecule has 20 heavy (non-hydrogen) atoms. The lowest BCUT2D eigenvalue weighted by molar-refractivity contribution is 0.507. The Morgan fingerprint density at radius 2 is 1.80 bits per heavy atom. The van der Waals surface area contributed by atoms with Crippen molar-refractivity contribution < 1.29 is 8.78 Å². The minimum atomic E-state index is -0.796. The number of benzene rings is 1. The van der Waals surface area contributed by atoms with Gasteiger partial charge in [-0.2, -0.15) is 0 Å². The highest BCUT2D eigenvalue weighted by Crippen LogP contribution is 2.39. The Labute approximate surface area is 130 Å². The maximum atomic E-state index is 13.3. The van der Waals surface area contributed by atoms with Gasteiger partial charge in [-0.3, -0.25) is 0 Å². The van der Waals surface area contributed by atoms with Crippen molar-refractivity contribution in [3.63, 3.8) is 0 Å². The fourth-order valence-electron chi connectivity index (χ4n) is 2.65. The third kappa shape index (κ3) is 2.82. The van der Waals surface area contributed by atoms with Crippen LogP contribution in [0.1, 0.15) is 45.0 Å². The Balaban J connectivity index is 1.90. The Morgan fingerprint density at radius 1 is 1.00 bits per heavy atom. The largest absolute Gasteiger partial charge is 0.204 e. The number of hydrogen-bond acceptors (Lipinski definition) is 1. The zero-order valence-electron chi connectivity index (χ0n) is 11.0. The Hall–Kier alpha value is -0.740. The predicted octanol–water partition coefficient (Wildman–Crippen LogP) is 5.78. The van der Waals surface area contributed by atoms with Crippen molar-refractivity contribution >= 4 is 27.3 Å². The van der Waals surface area contributed by atoms with E-state index < -0.39 is 11.6 Å². The summed E-state index contributed by atoms with van der Waals surface area (Å²) in [4.78, 5) is 2.59.